The van der Waals surface area contributed by atoms with Crippen molar-refractivity contribution >= 4 is 6.03 Å². The van der Waals surface area contributed by atoms with Crippen LogP contribution < -0.4 is 5.32 Å². The van der Waals surface area contributed by atoms with Crippen LogP contribution in [0.25, 0.3) is 0 Å². The lowest BCUT2D eigenvalue weighted by Gasteiger charge is -2.31. The van der Waals surface area contributed by atoms with Crippen LogP contribution in [0.2, 0.25) is 0 Å². The Morgan fingerprint density at radius 2 is 1.94 bits per heavy atom. The fourth-order valence-corrected chi connectivity index (χ4v) is 2.45. The van der Waals surface area contributed by atoms with E-state index < -0.39 is 0 Å². The molecule has 2 amide bonds. The van der Waals surface area contributed by atoms with Crippen molar-refractivity contribution in [3.8, 4) is 0 Å². The van der Waals surface area contributed by atoms with Crippen LogP contribution in [0.15, 0.2) is 0 Å². The summed E-state index contributed by atoms with van der Waals surface area (Å²) < 4.78 is 5.75. The summed E-state index contributed by atoms with van der Waals surface area (Å²) in [5.74, 6) is 0. The Morgan fingerprint density at radius 3 is 2.59 bits per heavy atom. The number of hydrogen-bond donors (Lipinski definition) is 1. The molecule has 2 aliphatic rings. The van der Waals surface area contributed by atoms with Crippen molar-refractivity contribution in [3.63, 3.8) is 0 Å². The monoisotopic (exact) mass is 241 g/mol. The summed E-state index contributed by atoms with van der Waals surface area (Å²) in [6.45, 7) is 9.13. The van der Waals surface area contributed by atoms with E-state index >= 15 is 0 Å². The highest BCUT2D eigenvalue weighted by Gasteiger charge is 2.30. The van der Waals surface area contributed by atoms with Crippen LogP contribution >= 0.6 is 0 Å². The third-order valence-corrected chi connectivity index (χ3v) is 3.27. The minimum Gasteiger partial charge on any atom is -0.374 e. The third kappa shape index (κ3) is 3.33. The van der Waals surface area contributed by atoms with Gasteiger partial charge in [-0.2, -0.15) is 0 Å². The smallest absolute Gasteiger partial charge is 0.320 e. The number of piperazine rings is 1. The minimum absolute atomic E-state index is 0.182. The highest BCUT2D eigenvalue weighted by atomic mass is 16.5. The number of urea groups is 1. The van der Waals surface area contributed by atoms with Gasteiger partial charge in [-0.25, -0.2) is 4.79 Å². The average molecular weight is 241 g/mol. The van der Waals surface area contributed by atoms with E-state index in [-0.39, 0.29) is 18.2 Å². The van der Waals surface area contributed by atoms with Crippen molar-refractivity contribution in [2.24, 2.45) is 0 Å². The number of nitrogens with zero attached hydrogens (tertiary/aromatic N) is 2. The van der Waals surface area contributed by atoms with Crippen molar-refractivity contribution in [2.45, 2.75) is 32.5 Å². The summed E-state index contributed by atoms with van der Waals surface area (Å²) in [5, 5.41) is 3.26. The molecule has 0 saturated carbocycles. The number of amides is 2. The first kappa shape index (κ1) is 12.6. The van der Waals surface area contributed by atoms with E-state index in [2.05, 4.69) is 5.32 Å². The molecule has 0 aromatic carbocycles. The molecule has 2 rings (SSSR count). The van der Waals surface area contributed by atoms with Crippen molar-refractivity contribution in [1.29, 1.82) is 0 Å². The first-order chi connectivity index (χ1) is 8.16. The van der Waals surface area contributed by atoms with Gasteiger partial charge < -0.3 is 19.9 Å². The molecule has 98 valence electrons. The summed E-state index contributed by atoms with van der Waals surface area (Å²) in [6.07, 6.45) is 1.44. The van der Waals surface area contributed by atoms with Crippen LogP contribution in [-0.4, -0.2) is 67.3 Å². The Hall–Kier alpha value is -0.810. The van der Waals surface area contributed by atoms with Gasteiger partial charge in [-0.3, -0.25) is 0 Å². The number of likely N-dealkylation sites (tertiary alicyclic amines) is 1. The van der Waals surface area contributed by atoms with E-state index in [1.54, 1.807) is 0 Å². The van der Waals surface area contributed by atoms with E-state index in [1.165, 1.54) is 0 Å². The lowest BCUT2D eigenvalue weighted by Crippen LogP contribution is -2.51. The summed E-state index contributed by atoms with van der Waals surface area (Å²) in [7, 11) is 0. The summed E-state index contributed by atoms with van der Waals surface area (Å²) in [6, 6.07) is 0.182. The second kappa shape index (κ2) is 5.69. The molecule has 0 spiro atoms. The molecule has 5 nitrogen and oxygen atoms in total. The SMILES string of the molecule is CC(C)OC1CCN(C(=O)N2CCNCC2)C1. The highest BCUT2D eigenvalue weighted by Crippen LogP contribution is 2.16. The van der Waals surface area contributed by atoms with Crippen LogP contribution in [-0.2, 0) is 4.74 Å². The second-order valence-electron chi connectivity index (χ2n) is 5.06. The predicted octanol–water partition coefficient (Wildman–Crippen LogP) is 0.511. The third-order valence-electron chi connectivity index (χ3n) is 3.27. The Labute approximate surface area is 103 Å². The zero-order valence-electron chi connectivity index (χ0n) is 10.8. The van der Waals surface area contributed by atoms with Gasteiger partial charge in [0.05, 0.1) is 12.2 Å². The summed E-state index contributed by atoms with van der Waals surface area (Å²) in [5.41, 5.74) is 0. The first-order valence-electron chi connectivity index (χ1n) is 6.57. The minimum atomic E-state index is 0.182. The molecule has 0 aromatic rings. The van der Waals surface area contributed by atoms with E-state index in [0.717, 1.165) is 45.7 Å². The summed E-state index contributed by atoms with van der Waals surface area (Å²) in [4.78, 5) is 16.1. The molecule has 0 radical (unpaired) electrons. The molecular weight excluding hydrogens is 218 g/mol. The maximum absolute atomic E-state index is 12.2. The van der Waals surface area contributed by atoms with Gasteiger partial charge in [0.15, 0.2) is 0 Å². The fourth-order valence-electron chi connectivity index (χ4n) is 2.45. The van der Waals surface area contributed by atoms with Crippen molar-refractivity contribution < 1.29 is 9.53 Å². The first-order valence-corrected chi connectivity index (χ1v) is 6.57. The molecule has 1 N–H and O–H groups in total. The molecule has 0 bridgehead atoms. The lowest BCUT2D eigenvalue weighted by molar-refractivity contribution is 0.0148. The molecule has 2 fully saturated rings. The van der Waals surface area contributed by atoms with Gasteiger partial charge in [0.2, 0.25) is 0 Å². The number of ether oxygens (including phenoxy) is 1. The van der Waals surface area contributed by atoms with Crippen LogP contribution in [0.5, 0.6) is 0 Å². The normalized spacial score (nSPS) is 25.7. The number of nitrogens with one attached hydrogen (secondary N) is 1. The van der Waals surface area contributed by atoms with Crippen LogP contribution in [0, 0.1) is 0 Å². The Morgan fingerprint density at radius 1 is 1.24 bits per heavy atom. The van der Waals surface area contributed by atoms with Crippen LogP contribution in [0.4, 0.5) is 4.79 Å². The molecule has 1 atom stereocenters. The van der Waals surface area contributed by atoms with E-state index in [4.69, 9.17) is 4.74 Å². The maximum atomic E-state index is 12.2. The topological polar surface area (TPSA) is 44.8 Å². The molecule has 0 aliphatic carbocycles. The van der Waals surface area contributed by atoms with Crippen molar-refractivity contribution in [2.75, 3.05) is 39.3 Å². The molecule has 17 heavy (non-hydrogen) atoms. The molecule has 2 saturated heterocycles. The Bertz CT molecular complexity index is 264. The molecule has 2 aliphatic heterocycles. The molecular formula is C12H23N3O2. The van der Waals surface area contributed by atoms with Gasteiger partial charge in [0.25, 0.3) is 0 Å². The lowest BCUT2D eigenvalue weighted by atomic mass is 10.3. The van der Waals surface area contributed by atoms with Crippen molar-refractivity contribution in [1.82, 2.24) is 15.1 Å². The summed E-state index contributed by atoms with van der Waals surface area (Å²) >= 11 is 0. The van der Waals surface area contributed by atoms with Gasteiger partial charge >= 0.3 is 6.03 Å². The van der Waals surface area contributed by atoms with Gasteiger partial charge in [-0.15, -0.1) is 0 Å². The Balaban J connectivity index is 1.80. The van der Waals surface area contributed by atoms with Crippen LogP contribution in [0.1, 0.15) is 20.3 Å². The Kier molecular flexibility index (Phi) is 4.23. The second-order valence-corrected chi connectivity index (χ2v) is 5.06. The molecule has 0 aromatic heterocycles. The van der Waals surface area contributed by atoms with Gasteiger partial charge in [0, 0.05) is 39.3 Å². The zero-order chi connectivity index (χ0) is 12.3. The van der Waals surface area contributed by atoms with Gasteiger partial charge in [-0.05, 0) is 20.3 Å². The molecule has 1 unspecified atom stereocenters. The van der Waals surface area contributed by atoms with Gasteiger partial charge in [0.1, 0.15) is 0 Å². The quantitative estimate of drug-likeness (QED) is 0.766. The van der Waals surface area contributed by atoms with E-state index in [1.807, 2.05) is 23.6 Å². The highest BCUT2D eigenvalue weighted by molar-refractivity contribution is 5.75. The fraction of sp³-hybridized carbons (Fsp3) is 0.917. The predicted molar refractivity (Wildman–Crippen MR) is 66.0 cm³/mol. The maximum Gasteiger partial charge on any atom is 0.320 e. The largest absolute Gasteiger partial charge is 0.374 e. The molecule has 2 heterocycles. The van der Waals surface area contributed by atoms with Gasteiger partial charge in [-0.1, -0.05) is 0 Å². The average Bonchev–Trinajstić information content (AvgIpc) is 2.77. The number of carbonyl (C=O) groups is 1. The van der Waals surface area contributed by atoms with Crippen molar-refractivity contribution in [3.05, 3.63) is 0 Å². The zero-order valence-corrected chi connectivity index (χ0v) is 10.8. The number of hydrogen-bond acceptors (Lipinski definition) is 3. The number of carbonyl (C=O) groups excluding carboxylic acids is 1. The standard InChI is InChI=1S/C12H23N3O2/c1-10(2)17-11-3-6-15(9-11)12(16)14-7-4-13-5-8-14/h10-11,13H,3-9H2,1-2H3. The van der Waals surface area contributed by atoms with Crippen LogP contribution in [0.3, 0.4) is 0 Å². The van der Waals surface area contributed by atoms with E-state index in [9.17, 15) is 4.79 Å². The molecule has 5 heteroatoms. The van der Waals surface area contributed by atoms with E-state index in [0.29, 0.717) is 0 Å². The number of rotatable bonds is 2.